The fourth-order valence-electron chi connectivity index (χ4n) is 2.58. The van der Waals surface area contributed by atoms with Crippen LogP contribution in [0.15, 0.2) is 53.9 Å². The van der Waals surface area contributed by atoms with Gasteiger partial charge in [0.2, 0.25) is 5.91 Å². The molecule has 0 N–H and O–H groups in total. The van der Waals surface area contributed by atoms with Crippen LogP contribution in [0, 0.1) is 6.92 Å². The first-order chi connectivity index (χ1) is 12.6. The van der Waals surface area contributed by atoms with Crippen molar-refractivity contribution in [2.75, 3.05) is 17.9 Å². The number of carbonyl (C=O) groups excluding carboxylic acids is 1. The van der Waals surface area contributed by atoms with Crippen LogP contribution in [0.2, 0.25) is 0 Å². The first-order valence-corrected chi connectivity index (χ1v) is 9.54. The number of anilines is 1. The number of rotatable bonds is 6. The number of amides is 1. The Morgan fingerprint density at radius 1 is 1.19 bits per heavy atom. The zero-order valence-electron chi connectivity index (χ0n) is 14.6. The maximum Gasteiger partial charge on any atom is 0.244 e. The third-order valence-electron chi connectivity index (χ3n) is 4.01. The topological polar surface area (TPSA) is 42.4 Å². The minimum atomic E-state index is -0.192. The molecule has 0 atom stereocenters. The van der Waals surface area contributed by atoms with Gasteiger partial charge >= 0.3 is 0 Å². The van der Waals surface area contributed by atoms with E-state index in [1.54, 1.807) is 12.0 Å². The second kappa shape index (κ2) is 8.34. The number of methoxy groups -OCH3 is 1. The summed E-state index contributed by atoms with van der Waals surface area (Å²) < 4.78 is 5.39. The first-order valence-electron chi connectivity index (χ1n) is 8.13. The van der Waals surface area contributed by atoms with Gasteiger partial charge in [-0.05, 0) is 13.0 Å². The number of hydrogen-bond acceptors (Lipinski definition) is 4. The zero-order chi connectivity index (χ0) is 18.5. The Kier molecular flexibility index (Phi) is 5.91. The molecule has 0 aliphatic heterocycles. The van der Waals surface area contributed by atoms with Crippen LogP contribution in [-0.2, 0) is 11.3 Å². The van der Waals surface area contributed by atoms with Crippen LogP contribution in [0.1, 0.15) is 11.1 Å². The van der Waals surface area contributed by atoms with Crippen LogP contribution in [0.4, 0.5) is 5.13 Å². The first kappa shape index (κ1) is 18.4. The van der Waals surface area contributed by atoms with Crippen molar-refractivity contribution in [2.45, 2.75) is 13.5 Å². The molecule has 134 valence electrons. The number of nitrogens with zero attached hydrogens (tertiary/aromatic N) is 2. The summed E-state index contributed by atoms with van der Waals surface area (Å²) in [7, 11) is 1.62. The number of thiazole rings is 1. The third-order valence-corrected chi connectivity index (χ3v) is 5.10. The average molecular weight is 387 g/mol. The van der Waals surface area contributed by atoms with Crippen LogP contribution in [0.25, 0.3) is 11.3 Å². The van der Waals surface area contributed by atoms with Gasteiger partial charge in [-0.15, -0.1) is 22.9 Å². The van der Waals surface area contributed by atoms with Crippen LogP contribution in [0.3, 0.4) is 0 Å². The lowest BCUT2D eigenvalue weighted by Crippen LogP contribution is -2.31. The molecule has 3 aromatic rings. The largest absolute Gasteiger partial charge is 0.496 e. The summed E-state index contributed by atoms with van der Waals surface area (Å²) in [4.78, 5) is 18.7. The summed E-state index contributed by atoms with van der Waals surface area (Å²) in [5.74, 6) is 0.437. The van der Waals surface area contributed by atoms with Crippen molar-refractivity contribution < 1.29 is 9.53 Å². The summed E-state index contributed by atoms with van der Waals surface area (Å²) in [6.45, 7) is 2.40. The van der Waals surface area contributed by atoms with E-state index >= 15 is 0 Å². The molecule has 0 unspecified atom stereocenters. The Labute approximate surface area is 162 Å². The molecule has 0 aliphatic carbocycles. The van der Waals surface area contributed by atoms with E-state index in [-0.39, 0.29) is 11.8 Å². The summed E-state index contributed by atoms with van der Waals surface area (Å²) in [5, 5.41) is 2.58. The maximum absolute atomic E-state index is 12.4. The predicted molar refractivity (Wildman–Crippen MR) is 107 cm³/mol. The van der Waals surface area contributed by atoms with E-state index in [1.807, 2.05) is 60.8 Å². The Morgan fingerprint density at radius 3 is 2.62 bits per heavy atom. The van der Waals surface area contributed by atoms with E-state index in [2.05, 4.69) is 4.98 Å². The molecule has 0 aliphatic rings. The number of benzene rings is 2. The Bertz CT molecular complexity index is 893. The van der Waals surface area contributed by atoms with Crippen LogP contribution < -0.4 is 9.64 Å². The highest BCUT2D eigenvalue weighted by molar-refractivity contribution is 7.14. The number of para-hydroxylation sites is 1. The van der Waals surface area contributed by atoms with Gasteiger partial charge in [0.1, 0.15) is 11.6 Å². The normalized spacial score (nSPS) is 10.6. The van der Waals surface area contributed by atoms with Gasteiger partial charge in [0.25, 0.3) is 0 Å². The van der Waals surface area contributed by atoms with Crippen molar-refractivity contribution in [2.24, 2.45) is 0 Å². The predicted octanol–water partition coefficient (Wildman–Crippen LogP) is 4.90. The smallest absolute Gasteiger partial charge is 0.244 e. The number of ether oxygens (including phenoxy) is 1. The van der Waals surface area contributed by atoms with E-state index in [1.165, 1.54) is 16.9 Å². The molecule has 4 nitrogen and oxygen atoms in total. The molecule has 6 heteroatoms. The van der Waals surface area contributed by atoms with Crippen molar-refractivity contribution in [1.82, 2.24) is 4.98 Å². The highest BCUT2D eigenvalue weighted by Gasteiger charge is 2.20. The zero-order valence-corrected chi connectivity index (χ0v) is 16.2. The fraction of sp³-hybridized carbons (Fsp3) is 0.200. The standard InChI is InChI=1S/C20H19ClN2O2S/c1-14-7-9-15(10-8-14)17-13-26-20(22-17)23(19(24)11-21)12-16-5-3-4-6-18(16)25-2/h3-10,13H,11-12H2,1-2H3. The lowest BCUT2D eigenvalue weighted by molar-refractivity contribution is -0.116. The quantitative estimate of drug-likeness (QED) is 0.566. The fourth-order valence-corrected chi connectivity index (χ4v) is 3.58. The van der Waals surface area contributed by atoms with Gasteiger partial charge in [-0.25, -0.2) is 4.98 Å². The number of alkyl halides is 1. The molecule has 2 aromatic carbocycles. The third kappa shape index (κ3) is 4.06. The van der Waals surface area contributed by atoms with Crippen LogP contribution in [-0.4, -0.2) is 23.9 Å². The van der Waals surface area contributed by atoms with Gasteiger partial charge in [0, 0.05) is 16.5 Å². The summed E-state index contributed by atoms with van der Waals surface area (Å²) in [6, 6.07) is 15.8. The summed E-state index contributed by atoms with van der Waals surface area (Å²) in [5.41, 5.74) is 3.96. The second-order valence-electron chi connectivity index (χ2n) is 5.81. The number of carbonyl (C=O) groups is 1. The van der Waals surface area contributed by atoms with Crippen molar-refractivity contribution >= 4 is 34.0 Å². The molecule has 0 spiro atoms. The SMILES string of the molecule is COc1ccccc1CN(C(=O)CCl)c1nc(-c2ccc(C)cc2)cs1. The monoisotopic (exact) mass is 386 g/mol. The van der Waals surface area contributed by atoms with Crippen molar-refractivity contribution in [3.05, 3.63) is 65.0 Å². The average Bonchev–Trinajstić information content (AvgIpc) is 3.16. The van der Waals surface area contributed by atoms with Gasteiger partial charge in [-0.1, -0.05) is 48.0 Å². The lowest BCUT2D eigenvalue weighted by Gasteiger charge is -2.20. The number of aryl methyl sites for hydroxylation is 1. The highest BCUT2D eigenvalue weighted by Crippen LogP contribution is 2.30. The number of aromatic nitrogens is 1. The highest BCUT2D eigenvalue weighted by atomic mass is 35.5. The lowest BCUT2D eigenvalue weighted by atomic mass is 10.1. The molecule has 3 rings (SSSR count). The van der Waals surface area contributed by atoms with Crippen molar-refractivity contribution in [3.8, 4) is 17.0 Å². The van der Waals surface area contributed by atoms with Gasteiger partial charge < -0.3 is 4.74 Å². The van der Waals surface area contributed by atoms with E-state index < -0.39 is 0 Å². The minimum Gasteiger partial charge on any atom is -0.496 e. The van der Waals surface area contributed by atoms with Crippen LogP contribution in [0.5, 0.6) is 5.75 Å². The molecular formula is C20H19ClN2O2S. The molecule has 0 fully saturated rings. The molecule has 1 heterocycles. The molecule has 0 bridgehead atoms. The van der Waals surface area contributed by atoms with E-state index in [9.17, 15) is 4.79 Å². The summed E-state index contributed by atoms with van der Waals surface area (Å²) in [6.07, 6.45) is 0. The van der Waals surface area contributed by atoms with Gasteiger partial charge in [0.05, 0.1) is 19.3 Å². The molecule has 1 aromatic heterocycles. The number of hydrogen-bond donors (Lipinski definition) is 0. The Morgan fingerprint density at radius 2 is 1.92 bits per heavy atom. The maximum atomic E-state index is 12.4. The van der Waals surface area contributed by atoms with Gasteiger partial charge in [-0.3, -0.25) is 9.69 Å². The second-order valence-corrected chi connectivity index (χ2v) is 6.91. The van der Waals surface area contributed by atoms with E-state index in [0.29, 0.717) is 11.7 Å². The van der Waals surface area contributed by atoms with Crippen LogP contribution >= 0.6 is 22.9 Å². The molecule has 1 amide bonds. The minimum absolute atomic E-state index is 0.103. The van der Waals surface area contributed by atoms with Gasteiger partial charge in [0.15, 0.2) is 5.13 Å². The molecule has 0 saturated carbocycles. The van der Waals surface area contributed by atoms with E-state index in [0.717, 1.165) is 22.6 Å². The Hall–Kier alpha value is -2.37. The number of halogens is 1. The van der Waals surface area contributed by atoms with Gasteiger partial charge in [-0.2, -0.15) is 0 Å². The molecule has 0 radical (unpaired) electrons. The van der Waals surface area contributed by atoms with Crippen molar-refractivity contribution in [3.63, 3.8) is 0 Å². The summed E-state index contributed by atoms with van der Waals surface area (Å²) >= 11 is 7.26. The molecule has 0 saturated heterocycles. The molecule has 26 heavy (non-hydrogen) atoms. The molecular weight excluding hydrogens is 368 g/mol. The van der Waals surface area contributed by atoms with Crippen molar-refractivity contribution in [1.29, 1.82) is 0 Å². The van der Waals surface area contributed by atoms with E-state index in [4.69, 9.17) is 16.3 Å². The Balaban J connectivity index is 1.91.